The van der Waals surface area contributed by atoms with Gasteiger partial charge in [0.2, 0.25) is 17.7 Å². The number of carbonyl (C=O) groups excluding carboxylic acids is 3. The van der Waals surface area contributed by atoms with Crippen LogP contribution in [0.5, 0.6) is 0 Å². The Morgan fingerprint density at radius 1 is 0.967 bits per heavy atom. The number of guanidine groups is 1. The van der Waals surface area contributed by atoms with Crippen LogP contribution in [0.1, 0.15) is 33.1 Å². The van der Waals surface area contributed by atoms with Gasteiger partial charge in [0.25, 0.3) is 0 Å². The molecule has 3 amide bonds. The van der Waals surface area contributed by atoms with Crippen LogP contribution in [0.15, 0.2) is 4.99 Å². The minimum atomic E-state index is -1.53. The summed E-state index contributed by atoms with van der Waals surface area (Å²) >= 11 is 0. The normalized spacial score (nSPS) is 13.6. The summed E-state index contributed by atoms with van der Waals surface area (Å²) in [7, 11) is 0. The van der Waals surface area contributed by atoms with Gasteiger partial charge in [-0.25, -0.2) is 4.79 Å². The van der Waals surface area contributed by atoms with E-state index in [2.05, 4.69) is 20.9 Å². The van der Waals surface area contributed by atoms with E-state index in [1.807, 2.05) is 13.8 Å². The van der Waals surface area contributed by atoms with Crippen LogP contribution in [0, 0.1) is 5.92 Å². The van der Waals surface area contributed by atoms with Crippen molar-refractivity contribution in [1.82, 2.24) is 16.0 Å². The number of amides is 3. The van der Waals surface area contributed by atoms with Crippen molar-refractivity contribution < 1.29 is 29.4 Å². The Kier molecular flexibility index (Phi) is 12.7. The first-order valence-electron chi connectivity index (χ1n) is 9.51. The first kappa shape index (κ1) is 27.1. The third-order valence-corrected chi connectivity index (χ3v) is 3.92. The van der Waals surface area contributed by atoms with Gasteiger partial charge in [-0.15, -0.1) is 0 Å². The number of carboxylic acid groups (broad SMARTS) is 1. The molecule has 0 aromatic rings. The van der Waals surface area contributed by atoms with Crippen LogP contribution in [-0.2, 0) is 19.2 Å². The van der Waals surface area contributed by atoms with Crippen LogP contribution in [0.4, 0.5) is 0 Å². The van der Waals surface area contributed by atoms with E-state index in [9.17, 15) is 19.2 Å². The van der Waals surface area contributed by atoms with Crippen molar-refractivity contribution in [1.29, 1.82) is 0 Å². The number of nitrogens with two attached hydrogens (primary N) is 3. The lowest BCUT2D eigenvalue weighted by Crippen LogP contribution is -2.56. The van der Waals surface area contributed by atoms with Crippen molar-refractivity contribution in [3.8, 4) is 0 Å². The van der Waals surface area contributed by atoms with Crippen LogP contribution >= 0.6 is 0 Å². The molecule has 0 rings (SSSR count). The molecule has 0 saturated carbocycles. The number of aliphatic carboxylic acids is 1. The van der Waals surface area contributed by atoms with Gasteiger partial charge in [0.05, 0.1) is 13.2 Å². The summed E-state index contributed by atoms with van der Waals surface area (Å²) < 4.78 is 0. The molecule has 0 saturated heterocycles. The van der Waals surface area contributed by atoms with E-state index < -0.39 is 48.4 Å². The number of carboxylic acids is 1. The molecule has 30 heavy (non-hydrogen) atoms. The smallest absolute Gasteiger partial charge is 0.328 e. The molecule has 3 atom stereocenters. The molecule has 3 unspecified atom stereocenters. The monoisotopic (exact) mass is 431 g/mol. The average Bonchev–Trinajstić information content (AvgIpc) is 2.66. The second-order valence-corrected chi connectivity index (χ2v) is 7.05. The maximum absolute atomic E-state index is 12.7. The maximum atomic E-state index is 12.7. The summed E-state index contributed by atoms with van der Waals surface area (Å²) in [5, 5.41) is 25.3. The zero-order valence-corrected chi connectivity index (χ0v) is 17.3. The van der Waals surface area contributed by atoms with Crippen LogP contribution in [0.2, 0.25) is 0 Å². The Morgan fingerprint density at radius 2 is 1.53 bits per heavy atom. The van der Waals surface area contributed by atoms with Gasteiger partial charge >= 0.3 is 5.97 Å². The van der Waals surface area contributed by atoms with E-state index in [0.717, 1.165) is 0 Å². The van der Waals surface area contributed by atoms with Crippen LogP contribution < -0.4 is 33.2 Å². The predicted molar refractivity (Wildman–Crippen MR) is 109 cm³/mol. The number of nitrogens with one attached hydrogen (secondary N) is 3. The second-order valence-electron chi connectivity index (χ2n) is 7.05. The number of aliphatic imine (C=N–C) groups is 1. The van der Waals surface area contributed by atoms with Crippen molar-refractivity contribution >= 4 is 29.7 Å². The second kappa shape index (κ2) is 14.1. The van der Waals surface area contributed by atoms with Crippen molar-refractivity contribution in [3.05, 3.63) is 0 Å². The summed E-state index contributed by atoms with van der Waals surface area (Å²) in [5.74, 6) is -3.46. The molecule has 0 aliphatic rings. The van der Waals surface area contributed by atoms with Crippen LogP contribution in [0.25, 0.3) is 0 Å². The summed E-state index contributed by atoms with van der Waals surface area (Å²) in [5.41, 5.74) is 15.8. The van der Waals surface area contributed by atoms with Gasteiger partial charge in [-0.1, -0.05) is 13.8 Å². The first-order chi connectivity index (χ1) is 14.0. The fraction of sp³-hybridized carbons (Fsp3) is 0.706. The molecular weight excluding hydrogens is 398 g/mol. The molecule has 0 aliphatic carbocycles. The van der Waals surface area contributed by atoms with E-state index in [0.29, 0.717) is 12.8 Å². The van der Waals surface area contributed by atoms with E-state index >= 15 is 0 Å². The summed E-state index contributed by atoms with van der Waals surface area (Å²) in [4.78, 5) is 51.7. The molecule has 13 heteroatoms. The lowest BCUT2D eigenvalue weighted by atomic mass is 10.0. The number of hydrogen-bond acceptors (Lipinski definition) is 7. The lowest BCUT2D eigenvalue weighted by molar-refractivity contribution is -0.143. The number of rotatable bonds is 14. The highest BCUT2D eigenvalue weighted by Gasteiger charge is 2.29. The standard InChI is InChI=1S/C17H33N7O6/c1-9(2)6-11(22-13(26)7-18)15(28)23-10(4-3-5-21-17(19)20)14(27)24-12(8-25)16(29)30/h9-12,25H,3-8,18H2,1-2H3,(H,22,26)(H,23,28)(H,24,27)(H,29,30)(H4,19,20,21). The van der Waals surface area contributed by atoms with Crippen molar-refractivity contribution in [3.63, 3.8) is 0 Å². The van der Waals surface area contributed by atoms with Crippen molar-refractivity contribution in [2.75, 3.05) is 19.7 Å². The van der Waals surface area contributed by atoms with Crippen molar-refractivity contribution in [2.24, 2.45) is 28.1 Å². The Balaban J connectivity index is 5.35. The number of hydrogen-bond donors (Lipinski definition) is 8. The Morgan fingerprint density at radius 3 is 2.00 bits per heavy atom. The molecule has 0 aliphatic heterocycles. The highest BCUT2D eigenvalue weighted by molar-refractivity contribution is 5.93. The molecule has 0 heterocycles. The quantitative estimate of drug-likeness (QED) is 0.0775. The van der Waals surface area contributed by atoms with Gasteiger partial charge in [-0.05, 0) is 25.2 Å². The zero-order chi connectivity index (χ0) is 23.3. The molecule has 0 bridgehead atoms. The average molecular weight is 431 g/mol. The first-order valence-corrected chi connectivity index (χ1v) is 9.51. The number of carbonyl (C=O) groups is 4. The van der Waals surface area contributed by atoms with Gasteiger partial charge in [-0.3, -0.25) is 19.4 Å². The largest absolute Gasteiger partial charge is 0.480 e. The molecule has 0 radical (unpaired) electrons. The van der Waals surface area contributed by atoms with E-state index in [4.69, 9.17) is 27.4 Å². The molecule has 0 spiro atoms. The molecule has 172 valence electrons. The number of aliphatic hydroxyl groups excluding tert-OH is 1. The maximum Gasteiger partial charge on any atom is 0.328 e. The fourth-order valence-corrected chi connectivity index (χ4v) is 2.46. The van der Waals surface area contributed by atoms with Gasteiger partial charge < -0.3 is 43.4 Å². The summed E-state index contributed by atoms with van der Waals surface area (Å²) in [6.45, 7) is 2.77. The minimum absolute atomic E-state index is 0.0544. The van der Waals surface area contributed by atoms with E-state index in [1.165, 1.54) is 0 Å². The SMILES string of the molecule is CC(C)CC(NC(=O)CN)C(=O)NC(CCCN=C(N)N)C(=O)NC(CO)C(=O)O. The summed E-state index contributed by atoms with van der Waals surface area (Å²) in [6, 6.07) is -3.59. The Bertz CT molecular complexity index is 622. The zero-order valence-electron chi connectivity index (χ0n) is 17.3. The highest BCUT2D eigenvalue weighted by Crippen LogP contribution is 2.07. The van der Waals surface area contributed by atoms with Gasteiger partial charge in [0, 0.05) is 6.54 Å². The Hall–Kier alpha value is -2.93. The summed E-state index contributed by atoms with van der Waals surface area (Å²) in [6.07, 6.45) is 0.691. The molecule has 13 nitrogen and oxygen atoms in total. The topological polar surface area (TPSA) is 235 Å². The molecule has 0 fully saturated rings. The minimum Gasteiger partial charge on any atom is -0.480 e. The fourth-order valence-electron chi connectivity index (χ4n) is 2.46. The van der Waals surface area contributed by atoms with Gasteiger partial charge in [0.15, 0.2) is 5.96 Å². The van der Waals surface area contributed by atoms with Gasteiger partial charge in [0.1, 0.15) is 18.1 Å². The van der Waals surface area contributed by atoms with Crippen LogP contribution in [0.3, 0.4) is 0 Å². The van der Waals surface area contributed by atoms with E-state index in [-0.39, 0.29) is 31.4 Å². The molecule has 0 aromatic heterocycles. The molecule has 11 N–H and O–H groups in total. The highest BCUT2D eigenvalue weighted by atomic mass is 16.4. The van der Waals surface area contributed by atoms with E-state index in [1.54, 1.807) is 0 Å². The molecule has 0 aromatic carbocycles. The van der Waals surface area contributed by atoms with Gasteiger partial charge in [-0.2, -0.15) is 0 Å². The molecular formula is C17H33N7O6. The number of aliphatic hydroxyl groups is 1. The lowest BCUT2D eigenvalue weighted by Gasteiger charge is -2.25. The third-order valence-electron chi connectivity index (χ3n) is 3.92. The van der Waals surface area contributed by atoms with Crippen molar-refractivity contribution in [2.45, 2.75) is 51.2 Å². The predicted octanol–water partition coefficient (Wildman–Crippen LogP) is -3.42. The Labute approximate surface area is 174 Å². The third kappa shape index (κ3) is 11.2. The number of nitrogens with zero attached hydrogens (tertiary/aromatic N) is 1. The van der Waals surface area contributed by atoms with Crippen LogP contribution in [-0.4, -0.2) is 77.7 Å².